The van der Waals surface area contributed by atoms with Crippen molar-refractivity contribution in [3.8, 4) is 0 Å². The Hall–Kier alpha value is -2.43. The molecular formula is C14H13N3O2. The lowest BCUT2D eigenvalue weighted by atomic mass is 10.1. The normalized spacial score (nSPS) is 14.3. The summed E-state index contributed by atoms with van der Waals surface area (Å²) in [6, 6.07) is 8.24. The molecule has 1 heterocycles. The molecule has 1 aliphatic carbocycles. The third kappa shape index (κ3) is 2.03. The topological polar surface area (TPSA) is 89.1 Å². The minimum atomic E-state index is -1.10. The molecule has 0 saturated carbocycles. The minimum Gasteiger partial charge on any atom is -0.477 e. The van der Waals surface area contributed by atoms with Gasteiger partial charge >= 0.3 is 5.97 Å². The zero-order valence-corrected chi connectivity index (χ0v) is 10.2. The molecule has 0 fully saturated rings. The Kier molecular flexibility index (Phi) is 2.67. The van der Waals surface area contributed by atoms with Crippen LogP contribution in [0.15, 0.2) is 30.5 Å². The second-order valence-corrected chi connectivity index (χ2v) is 4.71. The molecule has 2 aromatic rings. The van der Waals surface area contributed by atoms with Gasteiger partial charge in [0.15, 0.2) is 0 Å². The smallest absolute Gasteiger partial charge is 0.341 e. The van der Waals surface area contributed by atoms with E-state index in [-0.39, 0.29) is 17.3 Å². The fraction of sp³-hybridized carbons (Fsp3) is 0.214. The lowest BCUT2D eigenvalue weighted by Gasteiger charge is -2.08. The number of nitrogens with zero attached hydrogens (tertiary/aromatic N) is 2. The third-order valence-electron chi connectivity index (χ3n) is 3.48. The monoisotopic (exact) mass is 255 g/mol. The molecule has 0 bridgehead atoms. The van der Waals surface area contributed by atoms with E-state index in [4.69, 9.17) is 10.8 Å². The van der Waals surface area contributed by atoms with Crippen LogP contribution in [-0.4, -0.2) is 21.0 Å². The largest absolute Gasteiger partial charge is 0.477 e. The highest BCUT2D eigenvalue weighted by Gasteiger charge is 2.25. The maximum atomic E-state index is 10.9. The fourth-order valence-electron chi connectivity index (χ4n) is 2.51. The van der Waals surface area contributed by atoms with Crippen LogP contribution in [-0.2, 0) is 12.8 Å². The molecule has 5 heteroatoms. The van der Waals surface area contributed by atoms with Crippen molar-refractivity contribution < 1.29 is 9.90 Å². The van der Waals surface area contributed by atoms with Crippen LogP contribution >= 0.6 is 0 Å². The summed E-state index contributed by atoms with van der Waals surface area (Å²) in [5, 5.41) is 8.90. The SMILES string of the molecule is Nc1nc(C2Cc3ccccc3C2)ncc1C(=O)O. The molecule has 0 spiro atoms. The van der Waals surface area contributed by atoms with Crippen molar-refractivity contribution in [2.75, 3.05) is 5.73 Å². The molecule has 96 valence electrons. The zero-order chi connectivity index (χ0) is 13.4. The van der Waals surface area contributed by atoms with Crippen molar-refractivity contribution in [2.24, 2.45) is 0 Å². The van der Waals surface area contributed by atoms with Gasteiger partial charge in [-0.3, -0.25) is 0 Å². The number of fused-ring (bicyclic) bond motifs is 1. The van der Waals surface area contributed by atoms with Crippen LogP contribution in [0.3, 0.4) is 0 Å². The van der Waals surface area contributed by atoms with Crippen molar-refractivity contribution in [2.45, 2.75) is 18.8 Å². The lowest BCUT2D eigenvalue weighted by molar-refractivity contribution is 0.0697. The van der Waals surface area contributed by atoms with Gasteiger partial charge in [-0.2, -0.15) is 0 Å². The number of aromatic nitrogens is 2. The van der Waals surface area contributed by atoms with Crippen LogP contribution in [0.4, 0.5) is 5.82 Å². The van der Waals surface area contributed by atoms with E-state index in [0.29, 0.717) is 5.82 Å². The van der Waals surface area contributed by atoms with E-state index in [1.165, 1.54) is 17.3 Å². The molecule has 1 aliphatic rings. The van der Waals surface area contributed by atoms with E-state index < -0.39 is 5.97 Å². The van der Waals surface area contributed by atoms with Crippen molar-refractivity contribution in [1.29, 1.82) is 0 Å². The van der Waals surface area contributed by atoms with E-state index in [2.05, 4.69) is 22.1 Å². The number of nitrogens with two attached hydrogens (primary N) is 1. The van der Waals surface area contributed by atoms with E-state index in [1.54, 1.807) is 0 Å². The van der Waals surface area contributed by atoms with Crippen LogP contribution in [0, 0.1) is 0 Å². The maximum absolute atomic E-state index is 10.9. The Balaban J connectivity index is 1.90. The van der Waals surface area contributed by atoms with Crippen LogP contribution in [0.1, 0.15) is 33.2 Å². The summed E-state index contributed by atoms with van der Waals surface area (Å²) in [7, 11) is 0. The Labute approximate surface area is 110 Å². The van der Waals surface area contributed by atoms with Gasteiger partial charge in [0.05, 0.1) is 0 Å². The zero-order valence-electron chi connectivity index (χ0n) is 10.2. The summed E-state index contributed by atoms with van der Waals surface area (Å²) in [6.45, 7) is 0. The van der Waals surface area contributed by atoms with Gasteiger partial charge in [-0.25, -0.2) is 14.8 Å². The Morgan fingerprint density at radius 1 is 1.26 bits per heavy atom. The quantitative estimate of drug-likeness (QED) is 0.851. The first kappa shape index (κ1) is 11.6. The van der Waals surface area contributed by atoms with Crippen LogP contribution in [0.25, 0.3) is 0 Å². The van der Waals surface area contributed by atoms with Gasteiger partial charge in [0, 0.05) is 12.1 Å². The first-order valence-electron chi connectivity index (χ1n) is 6.07. The number of rotatable bonds is 2. The summed E-state index contributed by atoms with van der Waals surface area (Å²) in [6.07, 6.45) is 3.05. The summed E-state index contributed by atoms with van der Waals surface area (Å²) in [4.78, 5) is 19.2. The van der Waals surface area contributed by atoms with Gasteiger partial charge in [-0.15, -0.1) is 0 Å². The Bertz CT molecular complexity index is 630. The highest BCUT2D eigenvalue weighted by atomic mass is 16.4. The predicted octanol–water partition coefficient (Wildman–Crippen LogP) is 1.64. The van der Waals surface area contributed by atoms with Gasteiger partial charge in [0.2, 0.25) is 0 Å². The van der Waals surface area contributed by atoms with E-state index in [9.17, 15) is 4.79 Å². The molecule has 5 nitrogen and oxygen atoms in total. The summed E-state index contributed by atoms with van der Waals surface area (Å²) < 4.78 is 0. The van der Waals surface area contributed by atoms with Crippen molar-refractivity contribution >= 4 is 11.8 Å². The number of hydrogen-bond donors (Lipinski definition) is 2. The number of carbonyl (C=O) groups is 1. The van der Waals surface area contributed by atoms with Gasteiger partial charge < -0.3 is 10.8 Å². The number of hydrogen-bond acceptors (Lipinski definition) is 4. The predicted molar refractivity (Wildman–Crippen MR) is 70.0 cm³/mol. The number of aromatic carboxylic acids is 1. The molecule has 19 heavy (non-hydrogen) atoms. The van der Waals surface area contributed by atoms with Crippen molar-refractivity contribution in [3.63, 3.8) is 0 Å². The number of anilines is 1. The first-order chi connectivity index (χ1) is 9.15. The van der Waals surface area contributed by atoms with Crippen LogP contribution in [0.2, 0.25) is 0 Å². The summed E-state index contributed by atoms with van der Waals surface area (Å²) in [5.41, 5.74) is 8.23. The molecule has 1 aromatic heterocycles. The molecule has 3 N–H and O–H groups in total. The number of nitrogen functional groups attached to an aromatic ring is 1. The van der Waals surface area contributed by atoms with E-state index in [0.717, 1.165) is 12.8 Å². The van der Waals surface area contributed by atoms with Crippen molar-refractivity contribution in [3.05, 3.63) is 53.0 Å². The average Bonchev–Trinajstić information content (AvgIpc) is 2.81. The minimum absolute atomic E-state index is 0.0356. The first-order valence-corrected chi connectivity index (χ1v) is 6.07. The third-order valence-corrected chi connectivity index (χ3v) is 3.48. The molecule has 1 aromatic carbocycles. The molecule has 0 amide bonds. The number of carboxylic acid groups (broad SMARTS) is 1. The second-order valence-electron chi connectivity index (χ2n) is 4.71. The molecule has 0 atom stereocenters. The maximum Gasteiger partial charge on any atom is 0.341 e. The lowest BCUT2D eigenvalue weighted by Crippen LogP contribution is -2.11. The average molecular weight is 255 g/mol. The van der Waals surface area contributed by atoms with Crippen LogP contribution < -0.4 is 5.73 Å². The summed E-state index contributed by atoms with van der Waals surface area (Å²) >= 11 is 0. The van der Waals surface area contributed by atoms with Crippen LogP contribution in [0.5, 0.6) is 0 Å². The highest BCUT2D eigenvalue weighted by Crippen LogP contribution is 2.32. The van der Waals surface area contributed by atoms with Gasteiger partial charge in [0.1, 0.15) is 17.2 Å². The van der Waals surface area contributed by atoms with Gasteiger partial charge in [-0.1, -0.05) is 24.3 Å². The Morgan fingerprint density at radius 3 is 2.42 bits per heavy atom. The van der Waals surface area contributed by atoms with Crippen molar-refractivity contribution in [1.82, 2.24) is 9.97 Å². The highest BCUT2D eigenvalue weighted by molar-refractivity contribution is 5.92. The molecule has 0 aliphatic heterocycles. The number of benzene rings is 1. The second kappa shape index (κ2) is 4.35. The standard InChI is InChI=1S/C14H13N3O2/c15-12-11(14(18)19)7-16-13(17-12)10-5-8-3-1-2-4-9(8)6-10/h1-4,7,10H,5-6H2,(H,18,19)(H2,15,16,17). The van der Waals surface area contributed by atoms with E-state index >= 15 is 0 Å². The summed E-state index contributed by atoms with van der Waals surface area (Å²) in [5.74, 6) is -0.256. The Morgan fingerprint density at radius 2 is 1.89 bits per heavy atom. The van der Waals surface area contributed by atoms with Gasteiger partial charge in [-0.05, 0) is 24.0 Å². The molecule has 0 unspecified atom stereocenters. The molecular weight excluding hydrogens is 242 g/mol. The number of carboxylic acids is 1. The fourth-order valence-corrected chi connectivity index (χ4v) is 2.51. The molecule has 0 radical (unpaired) electrons. The van der Waals surface area contributed by atoms with E-state index in [1.807, 2.05) is 12.1 Å². The molecule has 3 rings (SSSR count). The molecule has 0 saturated heterocycles. The van der Waals surface area contributed by atoms with Gasteiger partial charge in [0.25, 0.3) is 0 Å².